The van der Waals surface area contributed by atoms with Gasteiger partial charge in [-0.3, -0.25) is 19.2 Å². The van der Waals surface area contributed by atoms with Crippen molar-refractivity contribution < 1.29 is 4.79 Å². The second kappa shape index (κ2) is 6.43. The van der Waals surface area contributed by atoms with Crippen LogP contribution in [0.4, 0.5) is 5.95 Å². The largest absolute Gasteiger partial charge is 0.329 e. The lowest BCUT2D eigenvalue weighted by molar-refractivity contribution is -0.116. The van der Waals surface area contributed by atoms with E-state index in [-0.39, 0.29) is 24.1 Å². The Morgan fingerprint density at radius 3 is 2.39 bits per heavy atom. The molecule has 7 heteroatoms. The summed E-state index contributed by atoms with van der Waals surface area (Å²) < 4.78 is 3.17. The van der Waals surface area contributed by atoms with Gasteiger partial charge in [0.15, 0.2) is 0 Å². The van der Waals surface area contributed by atoms with Crippen LogP contribution in [0.1, 0.15) is 13.3 Å². The van der Waals surface area contributed by atoms with Crippen LogP contribution in [0.5, 0.6) is 0 Å². The molecule has 0 aliphatic carbocycles. The number of aromatic nitrogens is 4. The maximum Gasteiger partial charge on any atom is 0.329 e. The molecule has 3 aromatic rings. The van der Waals surface area contributed by atoms with Crippen LogP contribution in [0.2, 0.25) is 0 Å². The minimum atomic E-state index is -0.335. The van der Waals surface area contributed by atoms with Crippen LogP contribution >= 0.6 is 0 Å². The fraction of sp³-hybridized carbons (Fsp3) is 0.250. The molecule has 0 aliphatic rings. The van der Waals surface area contributed by atoms with E-state index in [0.29, 0.717) is 6.54 Å². The standard InChI is InChI=1S/C16H17N5O2/c1-2-10-20-12-6-3-4-7-13(12)21(16(20)23)11-14(22)19-15-17-8-5-9-18-15/h3-9H,2,10-11H2,1H3,(H,17,18,19,22). The summed E-state index contributed by atoms with van der Waals surface area (Å²) in [6.45, 7) is 2.56. The van der Waals surface area contributed by atoms with Gasteiger partial charge in [0.2, 0.25) is 11.9 Å². The number of benzene rings is 1. The summed E-state index contributed by atoms with van der Waals surface area (Å²) in [5.74, 6) is -0.111. The Labute approximate surface area is 132 Å². The van der Waals surface area contributed by atoms with Gasteiger partial charge in [0.1, 0.15) is 6.54 Å². The molecule has 0 aliphatic heterocycles. The number of imidazole rings is 1. The van der Waals surface area contributed by atoms with E-state index >= 15 is 0 Å². The van der Waals surface area contributed by atoms with E-state index < -0.39 is 0 Å². The first-order valence-corrected chi connectivity index (χ1v) is 7.45. The van der Waals surface area contributed by atoms with Crippen molar-refractivity contribution in [3.05, 3.63) is 53.2 Å². The van der Waals surface area contributed by atoms with Crippen LogP contribution < -0.4 is 11.0 Å². The van der Waals surface area contributed by atoms with E-state index in [1.807, 2.05) is 31.2 Å². The SMILES string of the molecule is CCCn1c(=O)n(CC(=O)Nc2ncccn2)c2ccccc21. The number of aryl methyl sites for hydroxylation is 1. The molecule has 1 N–H and O–H groups in total. The van der Waals surface area contributed by atoms with Crippen LogP contribution in [-0.4, -0.2) is 25.0 Å². The molecule has 0 radical (unpaired) electrons. The summed E-state index contributed by atoms with van der Waals surface area (Å²) in [6.07, 6.45) is 3.93. The van der Waals surface area contributed by atoms with Crippen molar-refractivity contribution in [3.63, 3.8) is 0 Å². The lowest BCUT2D eigenvalue weighted by atomic mass is 10.3. The zero-order chi connectivity index (χ0) is 16.2. The van der Waals surface area contributed by atoms with Crippen molar-refractivity contribution in [2.45, 2.75) is 26.4 Å². The molecule has 2 heterocycles. The molecule has 7 nitrogen and oxygen atoms in total. The molecule has 0 saturated heterocycles. The van der Waals surface area contributed by atoms with E-state index in [1.54, 1.807) is 23.0 Å². The van der Waals surface area contributed by atoms with Crippen molar-refractivity contribution >= 4 is 22.9 Å². The number of hydrogen-bond acceptors (Lipinski definition) is 4. The Bertz CT molecular complexity index is 882. The van der Waals surface area contributed by atoms with E-state index in [9.17, 15) is 9.59 Å². The highest BCUT2D eigenvalue weighted by Crippen LogP contribution is 2.13. The molecule has 0 fully saturated rings. The smallest absolute Gasteiger partial charge is 0.293 e. The number of para-hydroxylation sites is 2. The summed E-state index contributed by atoms with van der Waals surface area (Å²) in [5, 5.41) is 2.59. The third-order valence-corrected chi connectivity index (χ3v) is 3.49. The third-order valence-electron chi connectivity index (χ3n) is 3.49. The number of carbonyl (C=O) groups excluding carboxylic acids is 1. The quantitative estimate of drug-likeness (QED) is 0.776. The van der Waals surface area contributed by atoms with Gasteiger partial charge in [0.25, 0.3) is 0 Å². The topological polar surface area (TPSA) is 81.8 Å². The highest BCUT2D eigenvalue weighted by atomic mass is 16.2. The Morgan fingerprint density at radius 1 is 1.09 bits per heavy atom. The molecule has 0 atom stereocenters. The van der Waals surface area contributed by atoms with E-state index in [0.717, 1.165) is 17.5 Å². The van der Waals surface area contributed by atoms with Crippen molar-refractivity contribution in [2.24, 2.45) is 0 Å². The van der Waals surface area contributed by atoms with Gasteiger partial charge in [-0.1, -0.05) is 19.1 Å². The molecule has 23 heavy (non-hydrogen) atoms. The lowest BCUT2D eigenvalue weighted by Gasteiger charge is -2.04. The average Bonchev–Trinajstić information content (AvgIpc) is 2.82. The lowest BCUT2D eigenvalue weighted by Crippen LogP contribution is -2.29. The van der Waals surface area contributed by atoms with E-state index in [2.05, 4.69) is 15.3 Å². The van der Waals surface area contributed by atoms with Gasteiger partial charge in [0.05, 0.1) is 11.0 Å². The van der Waals surface area contributed by atoms with Crippen molar-refractivity contribution in [1.82, 2.24) is 19.1 Å². The maximum atomic E-state index is 12.6. The number of rotatable bonds is 5. The van der Waals surface area contributed by atoms with Gasteiger partial charge < -0.3 is 0 Å². The zero-order valence-corrected chi connectivity index (χ0v) is 12.8. The van der Waals surface area contributed by atoms with Gasteiger partial charge in [-0.15, -0.1) is 0 Å². The van der Waals surface area contributed by atoms with Crippen LogP contribution in [0, 0.1) is 0 Å². The highest BCUT2D eigenvalue weighted by Gasteiger charge is 2.15. The molecular weight excluding hydrogens is 294 g/mol. The summed E-state index contributed by atoms with van der Waals surface area (Å²) in [4.78, 5) is 32.7. The second-order valence-corrected chi connectivity index (χ2v) is 5.13. The monoisotopic (exact) mass is 311 g/mol. The average molecular weight is 311 g/mol. The number of carbonyl (C=O) groups is 1. The predicted molar refractivity (Wildman–Crippen MR) is 87.2 cm³/mol. The van der Waals surface area contributed by atoms with Gasteiger partial charge in [-0.2, -0.15) is 0 Å². The number of nitrogens with one attached hydrogen (secondary N) is 1. The molecule has 3 rings (SSSR count). The minimum Gasteiger partial charge on any atom is -0.293 e. The number of hydrogen-bond donors (Lipinski definition) is 1. The molecular formula is C16H17N5O2. The molecule has 1 aromatic carbocycles. The Hall–Kier alpha value is -2.96. The third kappa shape index (κ3) is 2.98. The summed E-state index contributed by atoms with van der Waals surface area (Å²) in [7, 11) is 0. The number of amides is 1. The Kier molecular flexibility index (Phi) is 4.18. The van der Waals surface area contributed by atoms with Crippen LogP contribution in [0.25, 0.3) is 11.0 Å². The Balaban J connectivity index is 1.92. The van der Waals surface area contributed by atoms with Crippen molar-refractivity contribution in [2.75, 3.05) is 5.32 Å². The molecule has 0 bridgehead atoms. The molecule has 0 unspecified atom stereocenters. The molecule has 0 saturated carbocycles. The normalized spacial score (nSPS) is 10.8. The first kappa shape index (κ1) is 15.0. The fourth-order valence-electron chi connectivity index (χ4n) is 2.54. The van der Waals surface area contributed by atoms with Gasteiger partial charge in [0, 0.05) is 18.9 Å². The first-order valence-electron chi connectivity index (χ1n) is 7.45. The van der Waals surface area contributed by atoms with Gasteiger partial charge in [-0.25, -0.2) is 14.8 Å². The van der Waals surface area contributed by atoms with E-state index in [1.165, 1.54) is 4.57 Å². The molecule has 2 aromatic heterocycles. The molecule has 118 valence electrons. The second-order valence-electron chi connectivity index (χ2n) is 5.13. The molecule has 0 spiro atoms. The molecule has 1 amide bonds. The van der Waals surface area contributed by atoms with E-state index in [4.69, 9.17) is 0 Å². The van der Waals surface area contributed by atoms with Gasteiger partial charge in [-0.05, 0) is 24.6 Å². The van der Waals surface area contributed by atoms with Crippen LogP contribution in [-0.2, 0) is 17.9 Å². The first-order chi connectivity index (χ1) is 11.2. The van der Waals surface area contributed by atoms with Gasteiger partial charge >= 0.3 is 5.69 Å². The zero-order valence-electron chi connectivity index (χ0n) is 12.8. The fourth-order valence-corrected chi connectivity index (χ4v) is 2.54. The minimum absolute atomic E-state index is 0.0751. The van der Waals surface area contributed by atoms with Crippen molar-refractivity contribution in [1.29, 1.82) is 0 Å². The summed E-state index contributed by atoms with van der Waals surface area (Å²) in [5.41, 5.74) is 1.40. The van der Waals surface area contributed by atoms with Crippen LogP contribution in [0.15, 0.2) is 47.5 Å². The predicted octanol–water partition coefficient (Wildman–Crippen LogP) is 1.64. The number of anilines is 1. The summed E-state index contributed by atoms with van der Waals surface area (Å²) >= 11 is 0. The Morgan fingerprint density at radius 2 is 1.74 bits per heavy atom. The van der Waals surface area contributed by atoms with Crippen molar-refractivity contribution in [3.8, 4) is 0 Å². The number of fused-ring (bicyclic) bond motifs is 1. The number of nitrogens with zero attached hydrogens (tertiary/aromatic N) is 4. The summed E-state index contributed by atoms with van der Waals surface area (Å²) in [6, 6.07) is 9.14. The maximum absolute atomic E-state index is 12.6. The highest BCUT2D eigenvalue weighted by molar-refractivity contribution is 5.90. The van der Waals surface area contributed by atoms with Crippen LogP contribution in [0.3, 0.4) is 0 Å².